The molecule has 1 N–H and O–H groups in total. The number of hydrogen-bond donors (Lipinski definition) is 1. The zero-order chi connectivity index (χ0) is 13.8. The summed E-state index contributed by atoms with van der Waals surface area (Å²) in [5.41, 5.74) is 3.73. The Bertz CT molecular complexity index is 456. The maximum Gasteiger partial charge on any atom is 0.173 e. The van der Waals surface area contributed by atoms with Crippen LogP contribution < -0.4 is 5.32 Å². The van der Waals surface area contributed by atoms with Crippen LogP contribution in [0.2, 0.25) is 0 Å². The summed E-state index contributed by atoms with van der Waals surface area (Å²) in [5, 5.41) is 4.29. The molecule has 1 aliphatic rings. The zero-order valence-electron chi connectivity index (χ0n) is 12.2. The van der Waals surface area contributed by atoms with Crippen molar-refractivity contribution in [1.29, 1.82) is 0 Å². The molecule has 0 aliphatic carbocycles. The number of aryl methyl sites for hydroxylation is 2. The van der Waals surface area contributed by atoms with Gasteiger partial charge >= 0.3 is 0 Å². The number of likely N-dealkylation sites (tertiary alicyclic amines) is 1. The van der Waals surface area contributed by atoms with E-state index in [-0.39, 0.29) is 0 Å². The van der Waals surface area contributed by atoms with Crippen LogP contribution in [-0.4, -0.2) is 22.6 Å². The Morgan fingerprint density at radius 3 is 2.79 bits per heavy atom. The molecule has 1 saturated heterocycles. The van der Waals surface area contributed by atoms with Crippen molar-refractivity contribution in [3.63, 3.8) is 0 Å². The van der Waals surface area contributed by atoms with Crippen LogP contribution in [-0.2, 0) is 0 Å². The van der Waals surface area contributed by atoms with E-state index in [0.29, 0.717) is 6.04 Å². The van der Waals surface area contributed by atoms with Crippen LogP contribution in [0.4, 0.5) is 5.69 Å². The largest absolute Gasteiger partial charge is 0.346 e. The zero-order valence-corrected chi connectivity index (χ0v) is 13.0. The van der Waals surface area contributed by atoms with Gasteiger partial charge in [0.2, 0.25) is 0 Å². The van der Waals surface area contributed by atoms with E-state index in [1.807, 2.05) is 0 Å². The van der Waals surface area contributed by atoms with Crippen molar-refractivity contribution >= 4 is 23.0 Å². The Morgan fingerprint density at radius 1 is 1.32 bits per heavy atom. The van der Waals surface area contributed by atoms with Crippen molar-refractivity contribution in [3.05, 3.63) is 29.3 Å². The number of piperidine rings is 1. The monoisotopic (exact) mass is 276 g/mol. The SMILES string of the molecule is CCC1CCCCN1C(=S)Nc1ccc(C)c(C)c1. The van der Waals surface area contributed by atoms with Gasteiger partial charge in [-0.25, -0.2) is 0 Å². The van der Waals surface area contributed by atoms with E-state index < -0.39 is 0 Å². The summed E-state index contributed by atoms with van der Waals surface area (Å²) in [6.07, 6.45) is 5.03. The lowest BCUT2D eigenvalue weighted by Crippen LogP contribution is -2.45. The molecule has 0 spiro atoms. The fourth-order valence-electron chi connectivity index (χ4n) is 2.71. The van der Waals surface area contributed by atoms with Gasteiger partial charge < -0.3 is 10.2 Å². The molecule has 0 saturated carbocycles. The second-order valence-electron chi connectivity index (χ2n) is 5.48. The van der Waals surface area contributed by atoms with E-state index in [2.05, 4.69) is 49.2 Å². The van der Waals surface area contributed by atoms with E-state index >= 15 is 0 Å². The smallest absolute Gasteiger partial charge is 0.173 e. The lowest BCUT2D eigenvalue weighted by molar-refractivity contribution is 0.239. The molecule has 1 heterocycles. The number of anilines is 1. The molecule has 104 valence electrons. The van der Waals surface area contributed by atoms with Gasteiger partial charge in [0.05, 0.1) is 0 Å². The summed E-state index contributed by atoms with van der Waals surface area (Å²) in [6, 6.07) is 7.04. The highest BCUT2D eigenvalue weighted by Crippen LogP contribution is 2.21. The van der Waals surface area contributed by atoms with E-state index in [1.165, 1.54) is 36.8 Å². The fourth-order valence-corrected chi connectivity index (χ4v) is 3.07. The van der Waals surface area contributed by atoms with Crippen LogP contribution in [0.15, 0.2) is 18.2 Å². The molecule has 1 aromatic carbocycles. The first-order chi connectivity index (χ1) is 9.11. The maximum absolute atomic E-state index is 5.59. The number of thiocarbonyl (C=S) groups is 1. The second-order valence-corrected chi connectivity index (χ2v) is 5.87. The van der Waals surface area contributed by atoms with Gasteiger partial charge in [-0.2, -0.15) is 0 Å². The molecule has 0 amide bonds. The number of rotatable bonds is 2. The average Bonchev–Trinajstić information content (AvgIpc) is 2.43. The number of nitrogens with zero attached hydrogens (tertiary/aromatic N) is 1. The highest BCUT2D eigenvalue weighted by molar-refractivity contribution is 7.80. The van der Waals surface area contributed by atoms with Crippen molar-refractivity contribution in [2.75, 3.05) is 11.9 Å². The van der Waals surface area contributed by atoms with E-state index in [9.17, 15) is 0 Å². The van der Waals surface area contributed by atoms with Crippen molar-refractivity contribution in [2.24, 2.45) is 0 Å². The number of hydrogen-bond acceptors (Lipinski definition) is 1. The van der Waals surface area contributed by atoms with Crippen LogP contribution in [0.3, 0.4) is 0 Å². The molecule has 0 radical (unpaired) electrons. The minimum absolute atomic E-state index is 0.611. The van der Waals surface area contributed by atoms with E-state index in [0.717, 1.165) is 17.3 Å². The molecule has 3 heteroatoms. The fraction of sp³-hybridized carbons (Fsp3) is 0.562. The van der Waals surface area contributed by atoms with Crippen LogP contribution in [0.25, 0.3) is 0 Å². The summed E-state index contributed by atoms with van der Waals surface area (Å²) in [7, 11) is 0. The molecule has 2 nitrogen and oxygen atoms in total. The van der Waals surface area contributed by atoms with Gasteiger partial charge in [0.1, 0.15) is 0 Å². The molecule has 1 atom stereocenters. The third-order valence-corrected chi connectivity index (χ3v) is 4.45. The molecule has 1 aliphatic heterocycles. The van der Waals surface area contributed by atoms with Gasteiger partial charge in [-0.3, -0.25) is 0 Å². The number of nitrogens with one attached hydrogen (secondary N) is 1. The third-order valence-electron chi connectivity index (χ3n) is 4.12. The van der Waals surface area contributed by atoms with Gasteiger partial charge in [0, 0.05) is 18.3 Å². The van der Waals surface area contributed by atoms with Gasteiger partial charge in [-0.1, -0.05) is 13.0 Å². The quantitative estimate of drug-likeness (QED) is 0.812. The lowest BCUT2D eigenvalue weighted by atomic mass is 10.0. The first-order valence-corrected chi connectivity index (χ1v) is 7.67. The molecular weight excluding hydrogens is 252 g/mol. The van der Waals surface area contributed by atoms with Gasteiger partial charge in [0.15, 0.2) is 5.11 Å². The predicted molar refractivity (Wildman–Crippen MR) is 86.8 cm³/mol. The van der Waals surface area contributed by atoms with Crippen LogP contribution >= 0.6 is 12.2 Å². The van der Waals surface area contributed by atoms with Crippen LogP contribution in [0, 0.1) is 13.8 Å². The average molecular weight is 276 g/mol. The Morgan fingerprint density at radius 2 is 2.11 bits per heavy atom. The summed E-state index contributed by atoms with van der Waals surface area (Å²) in [6.45, 7) is 7.62. The Kier molecular flexibility index (Phi) is 4.81. The van der Waals surface area contributed by atoms with Crippen LogP contribution in [0.5, 0.6) is 0 Å². The van der Waals surface area contributed by atoms with E-state index in [1.54, 1.807) is 0 Å². The highest BCUT2D eigenvalue weighted by Gasteiger charge is 2.22. The molecular formula is C16H24N2S. The molecule has 0 bridgehead atoms. The first kappa shape index (κ1) is 14.3. The van der Waals surface area contributed by atoms with E-state index in [4.69, 9.17) is 12.2 Å². The van der Waals surface area contributed by atoms with Crippen molar-refractivity contribution in [2.45, 2.75) is 52.5 Å². The maximum atomic E-state index is 5.59. The van der Waals surface area contributed by atoms with Gasteiger partial charge in [-0.05, 0) is 75.0 Å². The van der Waals surface area contributed by atoms with Gasteiger partial charge in [0.25, 0.3) is 0 Å². The second kappa shape index (κ2) is 6.38. The first-order valence-electron chi connectivity index (χ1n) is 7.26. The predicted octanol–water partition coefficient (Wildman–Crippen LogP) is 4.26. The highest BCUT2D eigenvalue weighted by atomic mass is 32.1. The molecule has 1 unspecified atom stereocenters. The van der Waals surface area contributed by atoms with Crippen LogP contribution in [0.1, 0.15) is 43.7 Å². The summed E-state index contributed by atoms with van der Waals surface area (Å²) < 4.78 is 0. The number of benzene rings is 1. The summed E-state index contributed by atoms with van der Waals surface area (Å²) in [5.74, 6) is 0. The lowest BCUT2D eigenvalue weighted by Gasteiger charge is -2.37. The minimum atomic E-state index is 0.611. The van der Waals surface area contributed by atoms with Crippen molar-refractivity contribution in [1.82, 2.24) is 4.90 Å². The topological polar surface area (TPSA) is 15.3 Å². The molecule has 19 heavy (non-hydrogen) atoms. The standard InChI is InChI=1S/C16H24N2S/c1-4-15-7-5-6-10-18(15)16(19)17-14-9-8-12(2)13(3)11-14/h8-9,11,15H,4-7,10H2,1-3H3,(H,17,19). The Hall–Kier alpha value is -1.09. The third kappa shape index (κ3) is 3.47. The molecule has 0 aromatic heterocycles. The summed E-state index contributed by atoms with van der Waals surface area (Å²) >= 11 is 5.59. The van der Waals surface area contributed by atoms with Crippen molar-refractivity contribution in [3.8, 4) is 0 Å². The Balaban J connectivity index is 2.05. The molecule has 1 aromatic rings. The molecule has 1 fully saturated rings. The van der Waals surface area contributed by atoms with Gasteiger partial charge in [-0.15, -0.1) is 0 Å². The minimum Gasteiger partial charge on any atom is -0.346 e. The summed E-state index contributed by atoms with van der Waals surface area (Å²) in [4.78, 5) is 2.37. The van der Waals surface area contributed by atoms with Crippen molar-refractivity contribution < 1.29 is 0 Å². The normalized spacial score (nSPS) is 19.3. The Labute approximate surface area is 122 Å². The molecule has 2 rings (SSSR count).